The average molecular weight is 517 g/mol. The highest BCUT2D eigenvalue weighted by molar-refractivity contribution is 5.68. The van der Waals surface area contributed by atoms with Gasteiger partial charge in [-0.2, -0.15) is 26.3 Å². The molecule has 2 aromatic carbocycles. The van der Waals surface area contributed by atoms with Crippen molar-refractivity contribution in [2.24, 2.45) is 0 Å². The monoisotopic (exact) mass is 517 g/mol. The summed E-state index contributed by atoms with van der Waals surface area (Å²) in [5, 5.41) is 16.1. The van der Waals surface area contributed by atoms with Gasteiger partial charge in [0.1, 0.15) is 12.2 Å². The SMILES string of the molecule is COc1cccc([C@@H]2O[C@@H](CC(=O)O)c3nnc(C(F)(F)F)n3-c3ccc(C(F)(F)F)cc32)c1OC. The number of para-hydroxylation sites is 1. The van der Waals surface area contributed by atoms with Crippen molar-refractivity contribution >= 4 is 5.97 Å². The lowest BCUT2D eigenvalue weighted by Gasteiger charge is -2.25. The van der Waals surface area contributed by atoms with Crippen LogP contribution in [0.2, 0.25) is 0 Å². The standard InChI is InChI=1S/C22H17F6N3O5/c1-34-14-5-3-4-11(18(14)35-2)17-12-8-10(21(23,24)25)6-7-13(12)31-19(15(36-17)9-16(32)33)29-30-20(31)22(26,27)28/h3-8,15,17H,9H2,1-2H3,(H,32,33)/t15-,17-/m0/s1. The first-order chi connectivity index (χ1) is 16.9. The van der Waals surface area contributed by atoms with Crippen molar-refractivity contribution in [1.29, 1.82) is 0 Å². The molecule has 0 aliphatic carbocycles. The number of alkyl halides is 6. The van der Waals surface area contributed by atoms with E-state index in [9.17, 15) is 36.2 Å². The lowest BCUT2D eigenvalue weighted by Crippen LogP contribution is -2.17. The van der Waals surface area contributed by atoms with Crippen LogP contribution in [0.25, 0.3) is 5.69 Å². The van der Waals surface area contributed by atoms with Crippen molar-refractivity contribution in [3.05, 3.63) is 64.7 Å². The average Bonchev–Trinajstić information content (AvgIpc) is 3.21. The van der Waals surface area contributed by atoms with E-state index >= 15 is 0 Å². The van der Waals surface area contributed by atoms with E-state index < -0.39 is 54.2 Å². The fourth-order valence-electron chi connectivity index (χ4n) is 4.03. The summed E-state index contributed by atoms with van der Waals surface area (Å²) in [4.78, 5) is 11.6. The number of hydrogen-bond donors (Lipinski definition) is 1. The zero-order chi connectivity index (χ0) is 26.4. The second-order valence-corrected chi connectivity index (χ2v) is 7.67. The van der Waals surface area contributed by atoms with E-state index in [2.05, 4.69) is 10.2 Å². The number of nitrogens with zero attached hydrogens (tertiary/aromatic N) is 3. The fraction of sp³-hybridized carbons (Fsp3) is 0.318. The second kappa shape index (κ2) is 9.00. The van der Waals surface area contributed by atoms with Crippen molar-refractivity contribution in [2.75, 3.05) is 14.2 Å². The Hall–Kier alpha value is -3.81. The highest BCUT2D eigenvalue weighted by Crippen LogP contribution is 2.48. The van der Waals surface area contributed by atoms with Crippen molar-refractivity contribution in [1.82, 2.24) is 14.8 Å². The molecule has 192 valence electrons. The third-order valence-corrected chi connectivity index (χ3v) is 5.48. The van der Waals surface area contributed by atoms with Crippen LogP contribution in [0.5, 0.6) is 11.5 Å². The molecule has 8 nitrogen and oxygen atoms in total. The smallest absolute Gasteiger partial charge is 0.452 e. The molecule has 1 aliphatic heterocycles. The minimum atomic E-state index is -5.06. The predicted octanol–water partition coefficient (Wildman–Crippen LogP) is 4.96. The van der Waals surface area contributed by atoms with Crippen LogP contribution >= 0.6 is 0 Å². The van der Waals surface area contributed by atoms with Crippen LogP contribution in [-0.2, 0) is 21.9 Å². The van der Waals surface area contributed by atoms with Gasteiger partial charge in [-0.05, 0) is 24.3 Å². The first-order valence-corrected chi connectivity index (χ1v) is 10.2. The molecular formula is C22H17F6N3O5. The molecule has 1 N–H and O–H groups in total. The van der Waals surface area contributed by atoms with Crippen molar-refractivity contribution < 1.29 is 50.5 Å². The van der Waals surface area contributed by atoms with E-state index in [1.54, 1.807) is 0 Å². The van der Waals surface area contributed by atoms with E-state index in [0.29, 0.717) is 16.7 Å². The van der Waals surface area contributed by atoms with E-state index in [1.165, 1.54) is 32.4 Å². The zero-order valence-corrected chi connectivity index (χ0v) is 18.5. The Balaban J connectivity index is 2.08. The summed E-state index contributed by atoms with van der Waals surface area (Å²) < 4.78 is 99.4. The number of benzene rings is 2. The van der Waals surface area contributed by atoms with Gasteiger partial charge in [0, 0.05) is 11.1 Å². The number of halogens is 6. The summed E-state index contributed by atoms with van der Waals surface area (Å²) in [6.45, 7) is 0. The van der Waals surface area contributed by atoms with Gasteiger partial charge < -0.3 is 19.3 Å². The quantitative estimate of drug-likeness (QED) is 0.478. The Morgan fingerprint density at radius 3 is 2.33 bits per heavy atom. The molecule has 0 radical (unpaired) electrons. The first-order valence-electron chi connectivity index (χ1n) is 10.2. The Morgan fingerprint density at radius 1 is 1.03 bits per heavy atom. The van der Waals surface area contributed by atoms with Gasteiger partial charge >= 0.3 is 18.3 Å². The first kappa shape index (κ1) is 25.3. The summed E-state index contributed by atoms with van der Waals surface area (Å²) in [5.74, 6) is -3.31. The number of carboxylic acid groups (broad SMARTS) is 1. The zero-order valence-electron chi connectivity index (χ0n) is 18.5. The molecule has 0 amide bonds. The van der Waals surface area contributed by atoms with E-state index in [0.717, 1.165) is 6.07 Å². The second-order valence-electron chi connectivity index (χ2n) is 7.67. The summed E-state index contributed by atoms with van der Waals surface area (Å²) in [5.41, 5.74) is -1.76. The predicted molar refractivity (Wildman–Crippen MR) is 109 cm³/mol. The number of fused-ring (bicyclic) bond motifs is 3. The number of aliphatic carboxylic acids is 1. The fourth-order valence-corrected chi connectivity index (χ4v) is 4.03. The molecule has 4 rings (SSSR count). The van der Waals surface area contributed by atoms with Crippen LogP contribution in [0.3, 0.4) is 0 Å². The minimum Gasteiger partial charge on any atom is -0.493 e. The molecule has 0 saturated heterocycles. The number of methoxy groups -OCH3 is 2. The lowest BCUT2D eigenvalue weighted by atomic mass is 9.96. The van der Waals surface area contributed by atoms with Crippen LogP contribution in [0.1, 0.15) is 47.0 Å². The summed E-state index contributed by atoms with van der Waals surface area (Å²) in [6.07, 6.45) is -13.9. The lowest BCUT2D eigenvalue weighted by molar-refractivity contribution is -0.146. The molecular weight excluding hydrogens is 500 g/mol. The Bertz CT molecular complexity index is 1300. The maximum Gasteiger partial charge on any atom is 0.452 e. The number of carboxylic acids is 1. The Labute approximate surface area is 199 Å². The highest BCUT2D eigenvalue weighted by Gasteiger charge is 2.44. The molecule has 0 fully saturated rings. The molecule has 0 saturated carbocycles. The van der Waals surface area contributed by atoms with Crippen LogP contribution in [0, 0.1) is 0 Å². The third kappa shape index (κ3) is 4.43. The van der Waals surface area contributed by atoms with Crippen molar-refractivity contribution in [2.45, 2.75) is 31.0 Å². The summed E-state index contributed by atoms with van der Waals surface area (Å²) in [7, 11) is 2.58. The number of aromatic nitrogens is 3. The topological polar surface area (TPSA) is 95.7 Å². The third-order valence-electron chi connectivity index (χ3n) is 5.48. The van der Waals surface area contributed by atoms with Gasteiger partial charge in [0.15, 0.2) is 17.3 Å². The number of ether oxygens (including phenoxy) is 3. The van der Waals surface area contributed by atoms with E-state index in [-0.39, 0.29) is 28.3 Å². The largest absolute Gasteiger partial charge is 0.493 e. The highest BCUT2D eigenvalue weighted by atomic mass is 19.4. The molecule has 2 atom stereocenters. The maximum atomic E-state index is 13.8. The van der Waals surface area contributed by atoms with E-state index in [1.807, 2.05) is 0 Å². The van der Waals surface area contributed by atoms with Gasteiger partial charge in [-0.3, -0.25) is 9.36 Å². The molecule has 0 bridgehead atoms. The molecule has 3 aromatic rings. The van der Waals surface area contributed by atoms with Gasteiger partial charge in [0.25, 0.3) is 0 Å². The van der Waals surface area contributed by atoms with Gasteiger partial charge in [-0.15, -0.1) is 10.2 Å². The number of carbonyl (C=O) groups is 1. The maximum absolute atomic E-state index is 13.8. The molecule has 36 heavy (non-hydrogen) atoms. The number of rotatable bonds is 5. The van der Waals surface area contributed by atoms with Gasteiger partial charge in [0.05, 0.1) is 31.9 Å². The van der Waals surface area contributed by atoms with Gasteiger partial charge in [-0.1, -0.05) is 12.1 Å². The van der Waals surface area contributed by atoms with Gasteiger partial charge in [0.2, 0.25) is 5.82 Å². The Morgan fingerprint density at radius 2 is 1.75 bits per heavy atom. The van der Waals surface area contributed by atoms with E-state index in [4.69, 9.17) is 14.2 Å². The molecule has 2 heterocycles. The summed E-state index contributed by atoms with van der Waals surface area (Å²) >= 11 is 0. The summed E-state index contributed by atoms with van der Waals surface area (Å²) in [6, 6.07) is 6.49. The normalized spacial score (nSPS) is 17.7. The van der Waals surface area contributed by atoms with Crippen molar-refractivity contribution in [3.8, 4) is 17.2 Å². The molecule has 0 unspecified atom stereocenters. The van der Waals surface area contributed by atoms with Crippen LogP contribution in [-0.4, -0.2) is 40.1 Å². The van der Waals surface area contributed by atoms with Crippen LogP contribution in [0.15, 0.2) is 36.4 Å². The minimum absolute atomic E-state index is 0.0381. The molecule has 0 spiro atoms. The Kier molecular flexibility index (Phi) is 6.32. The van der Waals surface area contributed by atoms with Crippen molar-refractivity contribution in [3.63, 3.8) is 0 Å². The van der Waals surface area contributed by atoms with Crippen LogP contribution < -0.4 is 9.47 Å². The molecule has 14 heteroatoms. The number of hydrogen-bond acceptors (Lipinski definition) is 6. The molecule has 1 aliphatic rings. The molecule has 1 aromatic heterocycles. The van der Waals surface area contributed by atoms with Crippen LogP contribution in [0.4, 0.5) is 26.3 Å². The van der Waals surface area contributed by atoms with Gasteiger partial charge in [-0.25, -0.2) is 0 Å².